The number of carboxylic acids is 1. The molecule has 1 unspecified atom stereocenters. The van der Waals surface area contributed by atoms with Crippen molar-refractivity contribution in [2.75, 3.05) is 6.54 Å². The Bertz CT molecular complexity index is 392. The van der Waals surface area contributed by atoms with Crippen molar-refractivity contribution in [3.05, 3.63) is 0 Å². The van der Waals surface area contributed by atoms with Crippen LogP contribution in [-0.4, -0.2) is 35.5 Å². The highest BCUT2D eigenvalue weighted by molar-refractivity contribution is 5.87. The summed E-state index contributed by atoms with van der Waals surface area (Å²) in [7, 11) is 0. The largest absolute Gasteiger partial charge is 0.481 e. The predicted octanol–water partition coefficient (Wildman–Crippen LogP) is 2.22. The second kappa shape index (κ2) is 11.0. The minimum atomic E-state index is -0.789. The molecule has 0 aromatic carbocycles. The van der Waals surface area contributed by atoms with Gasteiger partial charge in [0.25, 0.3) is 0 Å². The van der Waals surface area contributed by atoms with Crippen molar-refractivity contribution in [2.24, 2.45) is 5.92 Å². The molecule has 6 nitrogen and oxygen atoms in total. The van der Waals surface area contributed by atoms with E-state index in [4.69, 9.17) is 5.11 Å². The van der Waals surface area contributed by atoms with Crippen LogP contribution in [0.1, 0.15) is 71.1 Å². The van der Waals surface area contributed by atoms with Crippen LogP contribution in [0.4, 0.5) is 0 Å². The number of nitrogens with one attached hydrogen (secondary N) is 2. The molecule has 0 aliphatic heterocycles. The maximum absolute atomic E-state index is 12.0. The zero-order valence-electron chi connectivity index (χ0n) is 14.1. The van der Waals surface area contributed by atoms with Crippen LogP contribution in [0.2, 0.25) is 0 Å². The minimum absolute atomic E-state index is 0.0407. The van der Waals surface area contributed by atoms with E-state index in [1.807, 2.05) is 0 Å². The fraction of sp³-hybridized carbons (Fsp3) is 0.824. The number of hydrogen-bond acceptors (Lipinski definition) is 3. The van der Waals surface area contributed by atoms with E-state index < -0.39 is 12.0 Å². The molecule has 2 amide bonds. The van der Waals surface area contributed by atoms with Gasteiger partial charge < -0.3 is 15.7 Å². The first-order chi connectivity index (χ1) is 11.0. The van der Waals surface area contributed by atoms with E-state index in [9.17, 15) is 14.4 Å². The first-order valence-corrected chi connectivity index (χ1v) is 8.78. The van der Waals surface area contributed by atoms with Crippen LogP contribution < -0.4 is 10.6 Å². The molecule has 0 bridgehead atoms. The summed E-state index contributed by atoms with van der Waals surface area (Å²) in [6.45, 7) is 2.21. The van der Waals surface area contributed by atoms with E-state index in [0.717, 1.165) is 25.7 Å². The lowest BCUT2D eigenvalue weighted by Crippen LogP contribution is -2.45. The van der Waals surface area contributed by atoms with Gasteiger partial charge >= 0.3 is 5.97 Å². The first-order valence-electron chi connectivity index (χ1n) is 8.78. The number of carbonyl (C=O) groups excluding carboxylic acids is 2. The molecule has 132 valence electrons. The molecule has 0 aromatic rings. The standard InChI is InChI=1S/C17H30N2O4/c1-13(17(23)18-11-7-3-6-10-16(21)22)19-15(20)12-14-8-4-2-5-9-14/h13-14H,2-12H2,1H3,(H,18,23)(H,19,20)(H,21,22). The number of aliphatic carboxylic acids is 1. The third-order valence-electron chi connectivity index (χ3n) is 4.34. The van der Waals surface area contributed by atoms with Gasteiger partial charge in [-0.25, -0.2) is 0 Å². The number of amides is 2. The van der Waals surface area contributed by atoms with Gasteiger partial charge in [-0.15, -0.1) is 0 Å². The lowest BCUT2D eigenvalue weighted by atomic mass is 9.87. The average Bonchev–Trinajstić information content (AvgIpc) is 2.51. The Hall–Kier alpha value is -1.59. The summed E-state index contributed by atoms with van der Waals surface area (Å²) in [5, 5.41) is 14.1. The summed E-state index contributed by atoms with van der Waals surface area (Å²) >= 11 is 0. The van der Waals surface area contributed by atoms with Gasteiger partial charge in [-0.3, -0.25) is 14.4 Å². The van der Waals surface area contributed by atoms with E-state index in [0.29, 0.717) is 25.3 Å². The SMILES string of the molecule is CC(NC(=O)CC1CCCCC1)C(=O)NCCCCCC(=O)O. The highest BCUT2D eigenvalue weighted by Crippen LogP contribution is 2.26. The molecule has 0 heterocycles. The van der Waals surface area contributed by atoms with Gasteiger partial charge in [0.1, 0.15) is 6.04 Å². The third kappa shape index (κ3) is 9.21. The molecule has 0 radical (unpaired) electrons. The molecule has 1 aliphatic rings. The fourth-order valence-electron chi connectivity index (χ4n) is 2.96. The normalized spacial score (nSPS) is 16.6. The molecular weight excluding hydrogens is 296 g/mol. The Kier molecular flexibility index (Phi) is 9.33. The molecule has 23 heavy (non-hydrogen) atoms. The second-order valence-electron chi connectivity index (χ2n) is 6.49. The van der Waals surface area contributed by atoms with Crippen molar-refractivity contribution in [3.8, 4) is 0 Å². The average molecular weight is 326 g/mol. The van der Waals surface area contributed by atoms with Gasteiger partial charge in [-0.1, -0.05) is 25.7 Å². The molecule has 1 aliphatic carbocycles. The number of carbonyl (C=O) groups is 3. The Morgan fingerprint density at radius 2 is 1.78 bits per heavy atom. The van der Waals surface area contributed by atoms with Crippen molar-refractivity contribution in [3.63, 3.8) is 0 Å². The number of rotatable bonds is 10. The van der Waals surface area contributed by atoms with Crippen molar-refractivity contribution < 1.29 is 19.5 Å². The Balaban J connectivity index is 2.10. The van der Waals surface area contributed by atoms with E-state index in [1.165, 1.54) is 19.3 Å². The number of unbranched alkanes of at least 4 members (excludes halogenated alkanes) is 2. The molecule has 0 spiro atoms. The zero-order valence-corrected chi connectivity index (χ0v) is 14.1. The van der Waals surface area contributed by atoms with Gasteiger partial charge in [0, 0.05) is 19.4 Å². The molecular formula is C17H30N2O4. The summed E-state index contributed by atoms with van der Waals surface area (Å²) in [6.07, 6.45) is 8.74. The van der Waals surface area contributed by atoms with Crippen molar-refractivity contribution in [1.29, 1.82) is 0 Å². The van der Waals surface area contributed by atoms with Crippen LogP contribution in [0.25, 0.3) is 0 Å². The molecule has 1 atom stereocenters. The van der Waals surface area contributed by atoms with Crippen molar-refractivity contribution >= 4 is 17.8 Å². The summed E-state index contributed by atoms with van der Waals surface area (Å²) in [6, 6.07) is -0.523. The predicted molar refractivity (Wildman–Crippen MR) is 87.9 cm³/mol. The second-order valence-corrected chi connectivity index (χ2v) is 6.49. The summed E-state index contributed by atoms with van der Waals surface area (Å²) in [5.74, 6) is -0.544. The Morgan fingerprint density at radius 1 is 1.09 bits per heavy atom. The quantitative estimate of drug-likeness (QED) is 0.536. The fourth-order valence-corrected chi connectivity index (χ4v) is 2.96. The maximum Gasteiger partial charge on any atom is 0.303 e. The Morgan fingerprint density at radius 3 is 2.43 bits per heavy atom. The molecule has 3 N–H and O–H groups in total. The summed E-state index contributed by atoms with van der Waals surface area (Å²) in [4.78, 5) is 34.2. The van der Waals surface area contributed by atoms with Crippen LogP contribution in [0, 0.1) is 5.92 Å². The van der Waals surface area contributed by atoms with Crippen molar-refractivity contribution in [2.45, 2.75) is 77.2 Å². The number of hydrogen-bond donors (Lipinski definition) is 3. The summed E-state index contributed by atoms with van der Waals surface area (Å²) < 4.78 is 0. The van der Waals surface area contributed by atoms with Crippen LogP contribution in [0.5, 0.6) is 0 Å². The molecule has 1 rings (SSSR count). The molecule has 1 saturated carbocycles. The molecule has 1 fully saturated rings. The van der Waals surface area contributed by atoms with Crippen molar-refractivity contribution in [1.82, 2.24) is 10.6 Å². The van der Waals surface area contributed by atoms with Gasteiger partial charge in [-0.2, -0.15) is 0 Å². The third-order valence-corrected chi connectivity index (χ3v) is 4.34. The monoisotopic (exact) mass is 326 g/mol. The van der Waals surface area contributed by atoms with Crippen LogP contribution >= 0.6 is 0 Å². The van der Waals surface area contributed by atoms with Crippen LogP contribution in [0.15, 0.2) is 0 Å². The number of carboxylic acid groups (broad SMARTS) is 1. The lowest BCUT2D eigenvalue weighted by molar-refractivity contribution is -0.137. The topological polar surface area (TPSA) is 95.5 Å². The highest BCUT2D eigenvalue weighted by Gasteiger charge is 2.20. The molecule has 0 saturated heterocycles. The maximum atomic E-state index is 12.0. The van der Waals surface area contributed by atoms with E-state index in [2.05, 4.69) is 10.6 Å². The Labute approximate surface area is 138 Å². The van der Waals surface area contributed by atoms with Crippen LogP contribution in [-0.2, 0) is 14.4 Å². The van der Waals surface area contributed by atoms with Gasteiger partial charge in [0.15, 0.2) is 0 Å². The van der Waals surface area contributed by atoms with Gasteiger partial charge in [0.05, 0.1) is 0 Å². The zero-order chi connectivity index (χ0) is 17.1. The smallest absolute Gasteiger partial charge is 0.303 e. The van der Waals surface area contributed by atoms with Crippen LogP contribution in [0.3, 0.4) is 0 Å². The summed E-state index contributed by atoms with van der Waals surface area (Å²) in [5.41, 5.74) is 0. The first kappa shape index (κ1) is 19.5. The van der Waals surface area contributed by atoms with Gasteiger partial charge in [0.2, 0.25) is 11.8 Å². The molecule has 6 heteroatoms. The highest BCUT2D eigenvalue weighted by atomic mass is 16.4. The van der Waals surface area contributed by atoms with E-state index in [-0.39, 0.29) is 18.2 Å². The lowest BCUT2D eigenvalue weighted by Gasteiger charge is -2.22. The minimum Gasteiger partial charge on any atom is -0.481 e. The van der Waals surface area contributed by atoms with E-state index >= 15 is 0 Å². The molecule has 0 aromatic heterocycles. The van der Waals surface area contributed by atoms with E-state index in [1.54, 1.807) is 6.92 Å². The van der Waals surface area contributed by atoms with Gasteiger partial charge in [-0.05, 0) is 38.5 Å².